The summed E-state index contributed by atoms with van der Waals surface area (Å²) in [5.41, 5.74) is 1.45. The highest BCUT2D eigenvalue weighted by atomic mass is 16.5. The maximum Gasteiger partial charge on any atom is 0.119 e. The second kappa shape index (κ2) is 5.07. The average Bonchev–Trinajstić information content (AvgIpc) is 3.38. The molecule has 1 aromatic carbocycles. The molecule has 3 saturated carbocycles. The molecule has 4 rings (SSSR count). The quantitative estimate of drug-likeness (QED) is 0.846. The summed E-state index contributed by atoms with van der Waals surface area (Å²) in [5, 5.41) is 3.71. The normalized spacial score (nSPS) is 32.8. The summed E-state index contributed by atoms with van der Waals surface area (Å²) < 4.78 is 5.85. The smallest absolute Gasteiger partial charge is 0.119 e. The first-order valence-electron chi connectivity index (χ1n) is 8.33. The van der Waals surface area contributed by atoms with E-state index in [1.807, 2.05) is 0 Å². The van der Waals surface area contributed by atoms with Crippen molar-refractivity contribution in [2.45, 2.75) is 51.2 Å². The van der Waals surface area contributed by atoms with Crippen molar-refractivity contribution in [1.29, 1.82) is 0 Å². The molecule has 0 heterocycles. The second-order valence-corrected chi connectivity index (χ2v) is 6.91. The Morgan fingerprint density at radius 2 is 1.80 bits per heavy atom. The average molecular weight is 271 g/mol. The first kappa shape index (κ1) is 12.7. The van der Waals surface area contributed by atoms with Crippen LogP contribution in [0.25, 0.3) is 0 Å². The van der Waals surface area contributed by atoms with Crippen molar-refractivity contribution in [3.05, 3.63) is 29.8 Å². The SMILES string of the molecule is CCNC(c1ccc(OC2CC2)cc1)C1CC2CC2C1. The van der Waals surface area contributed by atoms with E-state index < -0.39 is 0 Å². The maximum absolute atomic E-state index is 5.85. The highest BCUT2D eigenvalue weighted by Crippen LogP contribution is 2.57. The standard InChI is InChI=1S/C18H25NO/c1-2-19-18(15-10-13-9-14(13)11-15)12-3-5-16(6-4-12)20-17-7-8-17/h3-6,13-15,17-19H,2,7-11H2,1H3. The van der Waals surface area contributed by atoms with E-state index in [0.717, 1.165) is 30.0 Å². The van der Waals surface area contributed by atoms with Gasteiger partial charge in [-0.3, -0.25) is 0 Å². The third-order valence-electron chi connectivity index (χ3n) is 5.24. The van der Waals surface area contributed by atoms with E-state index in [2.05, 4.69) is 36.5 Å². The molecule has 3 atom stereocenters. The van der Waals surface area contributed by atoms with Crippen LogP contribution in [0, 0.1) is 17.8 Å². The van der Waals surface area contributed by atoms with Gasteiger partial charge in [0.05, 0.1) is 6.10 Å². The van der Waals surface area contributed by atoms with Gasteiger partial charge in [0.1, 0.15) is 5.75 Å². The van der Waals surface area contributed by atoms with Crippen molar-refractivity contribution in [2.24, 2.45) is 17.8 Å². The lowest BCUT2D eigenvalue weighted by atomic mass is 9.89. The molecule has 3 aliphatic rings. The zero-order chi connectivity index (χ0) is 13.5. The predicted octanol–water partition coefficient (Wildman–Crippen LogP) is 3.92. The van der Waals surface area contributed by atoms with Crippen LogP contribution in [0.5, 0.6) is 5.75 Å². The Kier molecular flexibility index (Phi) is 3.22. The van der Waals surface area contributed by atoms with E-state index in [0.29, 0.717) is 12.1 Å². The van der Waals surface area contributed by atoms with E-state index >= 15 is 0 Å². The van der Waals surface area contributed by atoms with Crippen LogP contribution in [-0.2, 0) is 0 Å². The van der Waals surface area contributed by atoms with E-state index in [1.54, 1.807) is 0 Å². The van der Waals surface area contributed by atoms with Crippen molar-refractivity contribution >= 4 is 0 Å². The van der Waals surface area contributed by atoms with Crippen LogP contribution in [0.1, 0.15) is 50.6 Å². The van der Waals surface area contributed by atoms with Crippen LogP contribution >= 0.6 is 0 Å². The Morgan fingerprint density at radius 3 is 2.40 bits per heavy atom. The van der Waals surface area contributed by atoms with Crippen LogP contribution in [0.3, 0.4) is 0 Å². The largest absolute Gasteiger partial charge is 0.490 e. The van der Waals surface area contributed by atoms with Gasteiger partial charge in [-0.2, -0.15) is 0 Å². The summed E-state index contributed by atoms with van der Waals surface area (Å²) >= 11 is 0. The minimum absolute atomic E-state index is 0.493. The Hall–Kier alpha value is -1.02. The number of hydrogen-bond acceptors (Lipinski definition) is 2. The minimum atomic E-state index is 0.493. The molecular formula is C18H25NO. The van der Waals surface area contributed by atoms with Gasteiger partial charge >= 0.3 is 0 Å². The molecule has 0 saturated heterocycles. The van der Waals surface area contributed by atoms with Crippen molar-refractivity contribution in [1.82, 2.24) is 5.32 Å². The van der Waals surface area contributed by atoms with Gasteiger partial charge in [-0.05, 0) is 74.1 Å². The summed E-state index contributed by atoms with van der Waals surface area (Å²) in [4.78, 5) is 0. The lowest BCUT2D eigenvalue weighted by Gasteiger charge is -2.26. The van der Waals surface area contributed by atoms with E-state index in [9.17, 15) is 0 Å². The zero-order valence-corrected chi connectivity index (χ0v) is 12.3. The molecule has 3 unspecified atom stereocenters. The summed E-state index contributed by atoms with van der Waals surface area (Å²) in [6, 6.07) is 9.41. The van der Waals surface area contributed by atoms with E-state index in [4.69, 9.17) is 4.74 Å². The van der Waals surface area contributed by atoms with Gasteiger partial charge in [0.15, 0.2) is 0 Å². The molecule has 3 fully saturated rings. The molecule has 2 heteroatoms. The van der Waals surface area contributed by atoms with Crippen LogP contribution < -0.4 is 10.1 Å². The van der Waals surface area contributed by atoms with Gasteiger partial charge in [0.2, 0.25) is 0 Å². The highest BCUT2D eigenvalue weighted by Gasteiger charge is 2.47. The van der Waals surface area contributed by atoms with Crippen molar-refractivity contribution in [2.75, 3.05) is 6.54 Å². The molecule has 0 radical (unpaired) electrons. The van der Waals surface area contributed by atoms with Gasteiger partial charge < -0.3 is 10.1 Å². The molecule has 20 heavy (non-hydrogen) atoms. The fourth-order valence-electron chi connectivity index (χ4n) is 3.94. The first-order chi connectivity index (χ1) is 9.83. The molecule has 0 amide bonds. The van der Waals surface area contributed by atoms with Gasteiger partial charge in [0.25, 0.3) is 0 Å². The minimum Gasteiger partial charge on any atom is -0.490 e. The Labute approximate surface area is 121 Å². The lowest BCUT2D eigenvalue weighted by Crippen LogP contribution is -2.27. The molecule has 2 nitrogen and oxygen atoms in total. The topological polar surface area (TPSA) is 21.3 Å². The highest BCUT2D eigenvalue weighted by molar-refractivity contribution is 5.30. The van der Waals surface area contributed by atoms with Crippen LogP contribution in [0.15, 0.2) is 24.3 Å². The van der Waals surface area contributed by atoms with Gasteiger partial charge in [-0.1, -0.05) is 19.1 Å². The lowest BCUT2D eigenvalue weighted by molar-refractivity contribution is 0.302. The van der Waals surface area contributed by atoms with Crippen LogP contribution in [0.2, 0.25) is 0 Å². The van der Waals surface area contributed by atoms with E-state index in [-0.39, 0.29) is 0 Å². The fourth-order valence-corrected chi connectivity index (χ4v) is 3.94. The fraction of sp³-hybridized carbons (Fsp3) is 0.667. The molecule has 0 bridgehead atoms. The van der Waals surface area contributed by atoms with Gasteiger partial charge in [-0.15, -0.1) is 0 Å². The number of ether oxygens (including phenoxy) is 1. The molecule has 1 aromatic rings. The summed E-state index contributed by atoms with van der Waals surface area (Å²) in [5.74, 6) is 3.99. The predicted molar refractivity (Wildman–Crippen MR) is 80.8 cm³/mol. The molecule has 0 aromatic heterocycles. The van der Waals surface area contributed by atoms with Crippen molar-refractivity contribution in [3.63, 3.8) is 0 Å². The third kappa shape index (κ3) is 2.58. The van der Waals surface area contributed by atoms with Crippen LogP contribution in [0.4, 0.5) is 0 Å². The van der Waals surface area contributed by atoms with Crippen molar-refractivity contribution < 1.29 is 4.74 Å². The number of fused-ring (bicyclic) bond motifs is 1. The molecular weight excluding hydrogens is 246 g/mol. The van der Waals surface area contributed by atoms with Crippen LogP contribution in [-0.4, -0.2) is 12.6 Å². The summed E-state index contributed by atoms with van der Waals surface area (Å²) in [7, 11) is 0. The molecule has 1 N–H and O–H groups in total. The Morgan fingerprint density at radius 1 is 1.10 bits per heavy atom. The second-order valence-electron chi connectivity index (χ2n) is 6.91. The monoisotopic (exact) mass is 271 g/mol. The third-order valence-corrected chi connectivity index (χ3v) is 5.24. The summed E-state index contributed by atoms with van der Waals surface area (Å²) in [6.07, 6.45) is 7.32. The Balaban J connectivity index is 1.46. The molecule has 0 aliphatic heterocycles. The molecule has 0 spiro atoms. The van der Waals surface area contributed by atoms with Gasteiger partial charge in [-0.25, -0.2) is 0 Å². The first-order valence-corrected chi connectivity index (χ1v) is 8.33. The number of benzene rings is 1. The molecule has 3 aliphatic carbocycles. The zero-order valence-electron chi connectivity index (χ0n) is 12.3. The number of rotatable bonds is 6. The van der Waals surface area contributed by atoms with Gasteiger partial charge in [0, 0.05) is 6.04 Å². The number of hydrogen-bond donors (Lipinski definition) is 1. The Bertz CT molecular complexity index is 455. The maximum atomic E-state index is 5.85. The molecule has 108 valence electrons. The number of nitrogens with one attached hydrogen (secondary N) is 1. The summed E-state index contributed by atoms with van der Waals surface area (Å²) in [6.45, 7) is 3.27. The van der Waals surface area contributed by atoms with E-state index in [1.165, 1.54) is 37.7 Å². The van der Waals surface area contributed by atoms with Crippen molar-refractivity contribution in [3.8, 4) is 5.75 Å².